The van der Waals surface area contributed by atoms with E-state index in [0.717, 1.165) is 0 Å². The van der Waals surface area contributed by atoms with E-state index in [-0.39, 0.29) is 0 Å². The van der Waals surface area contributed by atoms with Gasteiger partial charge >= 0.3 is 0 Å². The molecule has 0 saturated carbocycles. The Morgan fingerprint density at radius 2 is 1.85 bits per heavy atom. The number of aliphatic hydroxyl groups excluding tert-OH is 4. The predicted octanol–water partition coefficient (Wildman–Crippen LogP) is -2.99. The highest BCUT2D eigenvalue weighted by atomic mass is 16.6. The van der Waals surface area contributed by atoms with Gasteiger partial charge in [-0.1, -0.05) is 0 Å². The molecule has 0 radical (unpaired) electrons. The third-order valence-corrected chi connectivity index (χ3v) is 2.23. The quantitative estimate of drug-likeness (QED) is 0.320. The summed E-state index contributed by atoms with van der Waals surface area (Å²) >= 11 is 0. The largest absolute Gasteiger partial charge is 0.394 e. The van der Waals surface area contributed by atoms with Gasteiger partial charge in [-0.25, -0.2) is 0 Å². The van der Waals surface area contributed by atoms with Gasteiger partial charge in [0.05, 0.1) is 12.6 Å². The Morgan fingerprint density at radius 3 is 2.31 bits per heavy atom. The third-order valence-electron chi connectivity index (χ3n) is 2.23. The summed E-state index contributed by atoms with van der Waals surface area (Å²) in [5.41, 5.74) is 0. The van der Waals surface area contributed by atoms with Gasteiger partial charge in [-0.05, 0) is 7.05 Å². The van der Waals surface area contributed by atoms with Crippen LogP contribution in [0.3, 0.4) is 0 Å². The van der Waals surface area contributed by atoms with Gasteiger partial charge in [0.1, 0.15) is 18.3 Å². The minimum Gasteiger partial charge on any atom is -0.394 e. The van der Waals surface area contributed by atoms with Crippen molar-refractivity contribution in [3.63, 3.8) is 0 Å². The standard InChI is InChI=1S/C7H15NO5/c1-8-4-6(11)5(10)3(2-9)13-7(4)12/h3-12H,2H2,1H3/t3?,4?,5-,6-,7-/m1/s1. The number of likely N-dealkylation sites (N-methyl/N-ethyl adjacent to an activating group) is 1. The van der Waals surface area contributed by atoms with Crippen LogP contribution >= 0.6 is 0 Å². The second-order valence-electron chi connectivity index (χ2n) is 3.04. The molecule has 0 aliphatic carbocycles. The zero-order valence-corrected chi connectivity index (χ0v) is 7.29. The average Bonchev–Trinajstić information content (AvgIpc) is 2.12. The first kappa shape index (κ1) is 10.8. The lowest BCUT2D eigenvalue weighted by Crippen LogP contribution is -2.62. The summed E-state index contributed by atoms with van der Waals surface area (Å²) in [5, 5.41) is 39.4. The molecule has 0 amide bonds. The minimum atomic E-state index is -1.22. The highest BCUT2D eigenvalue weighted by molar-refractivity contribution is 4.91. The van der Waals surface area contributed by atoms with E-state index in [1.54, 1.807) is 0 Å². The van der Waals surface area contributed by atoms with E-state index in [1.807, 2.05) is 0 Å². The Balaban J connectivity index is 2.66. The lowest BCUT2D eigenvalue weighted by Gasteiger charge is -2.39. The predicted molar refractivity (Wildman–Crippen MR) is 42.8 cm³/mol. The van der Waals surface area contributed by atoms with Crippen molar-refractivity contribution < 1.29 is 25.2 Å². The maximum atomic E-state index is 9.45. The van der Waals surface area contributed by atoms with Gasteiger partial charge in [0.25, 0.3) is 0 Å². The second kappa shape index (κ2) is 4.32. The van der Waals surface area contributed by atoms with Crippen molar-refractivity contribution in [3.8, 4) is 0 Å². The first-order valence-corrected chi connectivity index (χ1v) is 4.09. The number of ether oxygens (including phenoxy) is 1. The number of aliphatic hydroxyl groups is 4. The van der Waals surface area contributed by atoms with Crippen LogP contribution in [0.25, 0.3) is 0 Å². The molecule has 0 aromatic heterocycles. The Bertz CT molecular complexity index is 167. The van der Waals surface area contributed by atoms with E-state index in [1.165, 1.54) is 7.05 Å². The molecule has 0 spiro atoms. The van der Waals surface area contributed by atoms with Gasteiger partial charge in [-0.15, -0.1) is 0 Å². The lowest BCUT2D eigenvalue weighted by molar-refractivity contribution is -0.253. The normalized spacial score (nSPS) is 46.4. The van der Waals surface area contributed by atoms with Crippen LogP contribution in [0.2, 0.25) is 0 Å². The van der Waals surface area contributed by atoms with Crippen molar-refractivity contribution in [2.75, 3.05) is 13.7 Å². The second-order valence-corrected chi connectivity index (χ2v) is 3.04. The smallest absolute Gasteiger partial charge is 0.173 e. The van der Waals surface area contributed by atoms with Crippen LogP contribution in [0, 0.1) is 0 Å². The van der Waals surface area contributed by atoms with Crippen LogP contribution in [0.15, 0.2) is 0 Å². The Labute approximate surface area is 75.8 Å². The molecule has 0 bridgehead atoms. The molecular formula is C7H15NO5. The van der Waals surface area contributed by atoms with Crippen molar-refractivity contribution >= 4 is 0 Å². The van der Waals surface area contributed by atoms with Gasteiger partial charge in [0.15, 0.2) is 6.29 Å². The highest BCUT2D eigenvalue weighted by Gasteiger charge is 2.42. The molecular weight excluding hydrogens is 178 g/mol. The molecule has 78 valence electrons. The summed E-state index contributed by atoms with van der Waals surface area (Å²) in [7, 11) is 1.53. The molecule has 1 heterocycles. The Morgan fingerprint density at radius 1 is 1.23 bits per heavy atom. The van der Waals surface area contributed by atoms with Gasteiger partial charge in [-0.3, -0.25) is 0 Å². The van der Waals surface area contributed by atoms with Gasteiger partial charge < -0.3 is 30.5 Å². The molecule has 0 aromatic rings. The fourth-order valence-electron chi connectivity index (χ4n) is 1.41. The number of nitrogens with one attached hydrogen (secondary N) is 1. The van der Waals surface area contributed by atoms with Crippen LogP contribution < -0.4 is 5.32 Å². The lowest BCUT2D eigenvalue weighted by atomic mass is 9.97. The summed E-state index contributed by atoms with van der Waals surface area (Å²) in [5.74, 6) is 0. The summed E-state index contributed by atoms with van der Waals surface area (Å²) in [6.45, 7) is -0.439. The van der Waals surface area contributed by atoms with Crippen molar-refractivity contribution in [2.45, 2.75) is 30.6 Å². The molecule has 2 unspecified atom stereocenters. The molecule has 1 rings (SSSR count). The van der Waals surface area contributed by atoms with Crippen LogP contribution in [-0.4, -0.2) is 64.7 Å². The first-order chi connectivity index (χ1) is 6.11. The molecule has 6 nitrogen and oxygen atoms in total. The zero-order valence-electron chi connectivity index (χ0n) is 7.29. The molecule has 1 fully saturated rings. The van der Waals surface area contributed by atoms with Crippen molar-refractivity contribution in [1.29, 1.82) is 0 Å². The topological polar surface area (TPSA) is 102 Å². The van der Waals surface area contributed by atoms with E-state index in [2.05, 4.69) is 5.32 Å². The van der Waals surface area contributed by atoms with Gasteiger partial charge in [-0.2, -0.15) is 0 Å². The fourth-order valence-corrected chi connectivity index (χ4v) is 1.41. The maximum Gasteiger partial charge on any atom is 0.173 e. The van der Waals surface area contributed by atoms with Crippen LogP contribution in [0.5, 0.6) is 0 Å². The summed E-state index contributed by atoms with van der Waals surface area (Å²) in [4.78, 5) is 0. The molecule has 6 heteroatoms. The molecule has 13 heavy (non-hydrogen) atoms. The monoisotopic (exact) mass is 193 g/mol. The summed E-state index contributed by atoms with van der Waals surface area (Å²) < 4.78 is 4.85. The minimum absolute atomic E-state index is 0.439. The number of hydrogen-bond acceptors (Lipinski definition) is 6. The highest BCUT2D eigenvalue weighted by Crippen LogP contribution is 2.18. The van der Waals surface area contributed by atoms with Crippen LogP contribution in [-0.2, 0) is 4.74 Å². The van der Waals surface area contributed by atoms with Crippen molar-refractivity contribution in [2.24, 2.45) is 0 Å². The van der Waals surface area contributed by atoms with Crippen molar-refractivity contribution in [1.82, 2.24) is 5.32 Å². The Kier molecular flexibility index (Phi) is 3.60. The van der Waals surface area contributed by atoms with E-state index in [4.69, 9.17) is 9.84 Å². The van der Waals surface area contributed by atoms with Crippen molar-refractivity contribution in [3.05, 3.63) is 0 Å². The molecule has 1 saturated heterocycles. The molecule has 5 atom stereocenters. The maximum absolute atomic E-state index is 9.45. The molecule has 1 aliphatic heterocycles. The summed E-state index contributed by atoms with van der Waals surface area (Å²) in [6.07, 6.45) is -4.49. The molecule has 0 aromatic carbocycles. The van der Waals surface area contributed by atoms with E-state index in [0.29, 0.717) is 0 Å². The van der Waals surface area contributed by atoms with E-state index in [9.17, 15) is 15.3 Å². The van der Waals surface area contributed by atoms with E-state index < -0.39 is 37.3 Å². The summed E-state index contributed by atoms with van der Waals surface area (Å²) in [6, 6.07) is -0.738. The SMILES string of the molecule is CNC1[C@H](O)OC(CO)[C@@H](O)[C@@H]1O. The Hall–Kier alpha value is -0.240. The number of rotatable bonds is 2. The third kappa shape index (κ3) is 1.98. The zero-order chi connectivity index (χ0) is 10.0. The van der Waals surface area contributed by atoms with Crippen LogP contribution in [0.4, 0.5) is 0 Å². The number of hydrogen-bond donors (Lipinski definition) is 5. The van der Waals surface area contributed by atoms with E-state index >= 15 is 0 Å². The average molecular weight is 193 g/mol. The first-order valence-electron chi connectivity index (χ1n) is 4.09. The molecule has 5 N–H and O–H groups in total. The van der Waals surface area contributed by atoms with Gasteiger partial charge in [0.2, 0.25) is 0 Å². The molecule has 1 aliphatic rings. The van der Waals surface area contributed by atoms with Crippen LogP contribution in [0.1, 0.15) is 0 Å². The fraction of sp³-hybridized carbons (Fsp3) is 1.00. The van der Waals surface area contributed by atoms with Gasteiger partial charge in [0, 0.05) is 0 Å².